The maximum Gasteiger partial charge on any atom is 0.295 e. The number of carbonyl (C=O) groups excluding carboxylic acids is 2. The Bertz CT molecular complexity index is 1310. The van der Waals surface area contributed by atoms with E-state index in [9.17, 15) is 14.7 Å². The van der Waals surface area contributed by atoms with Crippen molar-refractivity contribution >= 4 is 17.4 Å². The number of amides is 1. The van der Waals surface area contributed by atoms with Crippen molar-refractivity contribution < 1.29 is 24.2 Å². The standard InChI is InChI=1S/C27H30N4O5/c1-17-20(16-28-31(17)19-9-7-6-8-10-19)25(32)23-24(18-11-12-21(35-4)22(15-18)36-5)30(14-13-29(2)3)27(34)26(23)33/h6-12,15-16,24,32H,13-14H2,1-5H3/b25-23+/t24-/m1/s1. The number of methoxy groups -OCH3 is 2. The van der Waals surface area contributed by atoms with Crippen molar-refractivity contribution in [2.24, 2.45) is 0 Å². The van der Waals surface area contributed by atoms with Crippen molar-refractivity contribution in [3.63, 3.8) is 0 Å². The molecule has 2 aromatic carbocycles. The summed E-state index contributed by atoms with van der Waals surface area (Å²) in [6.07, 6.45) is 1.51. The summed E-state index contributed by atoms with van der Waals surface area (Å²) >= 11 is 0. The van der Waals surface area contributed by atoms with Gasteiger partial charge in [-0.2, -0.15) is 5.10 Å². The van der Waals surface area contributed by atoms with Crippen LogP contribution in [0.2, 0.25) is 0 Å². The van der Waals surface area contributed by atoms with Gasteiger partial charge in [0, 0.05) is 13.1 Å². The molecule has 1 amide bonds. The molecular weight excluding hydrogens is 460 g/mol. The molecule has 0 bridgehead atoms. The number of likely N-dealkylation sites (N-methyl/N-ethyl adjacent to an activating group) is 1. The molecule has 4 rings (SSSR count). The smallest absolute Gasteiger partial charge is 0.295 e. The molecule has 1 aliphatic rings. The van der Waals surface area contributed by atoms with Crippen molar-refractivity contribution in [2.45, 2.75) is 13.0 Å². The molecule has 3 aromatic rings. The average molecular weight is 491 g/mol. The van der Waals surface area contributed by atoms with Gasteiger partial charge in [-0.15, -0.1) is 0 Å². The number of aliphatic hydroxyl groups excluding tert-OH is 1. The van der Waals surface area contributed by atoms with Gasteiger partial charge < -0.3 is 24.4 Å². The second-order valence-electron chi connectivity index (χ2n) is 8.80. The first kappa shape index (κ1) is 25.0. The van der Waals surface area contributed by atoms with E-state index < -0.39 is 17.7 Å². The maximum absolute atomic E-state index is 13.3. The quantitative estimate of drug-likeness (QED) is 0.294. The lowest BCUT2D eigenvalue weighted by atomic mass is 9.95. The summed E-state index contributed by atoms with van der Waals surface area (Å²) in [7, 11) is 6.84. The van der Waals surface area contributed by atoms with Gasteiger partial charge in [-0.25, -0.2) is 4.68 Å². The molecule has 1 aromatic heterocycles. The number of hydrogen-bond donors (Lipinski definition) is 1. The number of Topliss-reactive ketones (excluding diaryl/α,β-unsaturated/α-hetero) is 1. The summed E-state index contributed by atoms with van der Waals surface area (Å²) in [6, 6.07) is 13.9. The lowest BCUT2D eigenvalue weighted by molar-refractivity contribution is -0.140. The SMILES string of the molecule is COc1ccc([C@@H]2/C(=C(\O)c3cnn(-c4ccccc4)c3C)C(=O)C(=O)N2CCN(C)C)cc1OC. The maximum atomic E-state index is 13.3. The number of ketones is 1. The first-order valence-electron chi connectivity index (χ1n) is 11.5. The Morgan fingerprint density at radius 1 is 1.06 bits per heavy atom. The van der Waals surface area contributed by atoms with Gasteiger partial charge >= 0.3 is 0 Å². The normalized spacial score (nSPS) is 17.2. The minimum atomic E-state index is -0.802. The van der Waals surface area contributed by atoms with E-state index in [1.54, 1.807) is 22.9 Å². The first-order chi connectivity index (χ1) is 17.3. The molecule has 2 heterocycles. The predicted octanol–water partition coefficient (Wildman–Crippen LogP) is 3.18. The number of nitrogens with zero attached hydrogens (tertiary/aromatic N) is 4. The third-order valence-corrected chi connectivity index (χ3v) is 6.32. The van der Waals surface area contributed by atoms with Gasteiger partial charge in [-0.1, -0.05) is 24.3 Å². The zero-order valence-corrected chi connectivity index (χ0v) is 21.1. The third-order valence-electron chi connectivity index (χ3n) is 6.32. The molecular formula is C27H30N4O5. The highest BCUT2D eigenvalue weighted by Crippen LogP contribution is 2.42. The molecule has 9 nitrogen and oxygen atoms in total. The topological polar surface area (TPSA) is 97.1 Å². The van der Waals surface area contributed by atoms with Crippen molar-refractivity contribution in [3.05, 3.63) is 77.1 Å². The number of aliphatic hydroxyl groups is 1. The van der Waals surface area contributed by atoms with E-state index in [4.69, 9.17) is 9.47 Å². The molecule has 0 saturated carbocycles. The second-order valence-corrected chi connectivity index (χ2v) is 8.80. The fourth-order valence-corrected chi connectivity index (χ4v) is 4.40. The molecule has 1 atom stereocenters. The van der Waals surface area contributed by atoms with Crippen LogP contribution in [0.5, 0.6) is 11.5 Å². The van der Waals surface area contributed by atoms with Crippen LogP contribution in [0.15, 0.2) is 60.3 Å². The third kappa shape index (κ3) is 4.45. The van der Waals surface area contributed by atoms with E-state index in [1.807, 2.05) is 56.3 Å². The Labute approximate surface area is 210 Å². The zero-order chi connectivity index (χ0) is 26.0. The van der Waals surface area contributed by atoms with Crippen LogP contribution in [0.4, 0.5) is 0 Å². The Kier molecular flexibility index (Phi) is 7.12. The Balaban J connectivity index is 1.87. The van der Waals surface area contributed by atoms with Crippen molar-refractivity contribution in [3.8, 4) is 17.2 Å². The molecule has 0 aliphatic carbocycles. The lowest BCUT2D eigenvalue weighted by Crippen LogP contribution is -2.35. The number of rotatable bonds is 8. The molecule has 0 unspecified atom stereocenters. The first-order valence-corrected chi connectivity index (χ1v) is 11.5. The van der Waals surface area contributed by atoms with Crippen LogP contribution in [-0.2, 0) is 9.59 Å². The van der Waals surface area contributed by atoms with Gasteiger partial charge in [0.1, 0.15) is 5.76 Å². The summed E-state index contributed by atoms with van der Waals surface area (Å²) in [6.45, 7) is 2.65. The number of aromatic nitrogens is 2. The van der Waals surface area contributed by atoms with Crippen LogP contribution in [0.25, 0.3) is 11.4 Å². The second kappa shape index (κ2) is 10.2. The molecule has 1 aliphatic heterocycles. The molecule has 1 N–H and O–H groups in total. The summed E-state index contributed by atoms with van der Waals surface area (Å²) < 4.78 is 12.5. The molecule has 0 radical (unpaired) electrons. The van der Waals surface area contributed by atoms with Gasteiger partial charge in [0.15, 0.2) is 11.5 Å². The number of benzene rings is 2. The zero-order valence-electron chi connectivity index (χ0n) is 21.1. The fourth-order valence-electron chi connectivity index (χ4n) is 4.40. The highest BCUT2D eigenvalue weighted by atomic mass is 16.5. The van der Waals surface area contributed by atoms with Crippen LogP contribution in [0.1, 0.15) is 22.9 Å². The van der Waals surface area contributed by atoms with E-state index in [-0.39, 0.29) is 11.3 Å². The van der Waals surface area contributed by atoms with E-state index >= 15 is 0 Å². The molecule has 0 spiro atoms. The molecule has 1 saturated heterocycles. The van der Waals surface area contributed by atoms with Crippen LogP contribution >= 0.6 is 0 Å². The van der Waals surface area contributed by atoms with E-state index in [0.717, 1.165) is 5.69 Å². The van der Waals surface area contributed by atoms with Crippen molar-refractivity contribution in [2.75, 3.05) is 41.4 Å². The van der Waals surface area contributed by atoms with Gasteiger partial charge in [0.25, 0.3) is 11.7 Å². The number of likely N-dealkylation sites (tertiary alicyclic amines) is 1. The van der Waals surface area contributed by atoms with Gasteiger partial charge in [0.2, 0.25) is 0 Å². The van der Waals surface area contributed by atoms with Crippen LogP contribution < -0.4 is 9.47 Å². The summed E-state index contributed by atoms with van der Waals surface area (Å²) in [5.41, 5.74) is 2.48. The van der Waals surface area contributed by atoms with Crippen molar-refractivity contribution in [1.82, 2.24) is 19.6 Å². The molecule has 36 heavy (non-hydrogen) atoms. The minimum Gasteiger partial charge on any atom is -0.507 e. The Morgan fingerprint density at radius 2 is 1.75 bits per heavy atom. The molecule has 1 fully saturated rings. The molecule has 9 heteroatoms. The number of para-hydroxylation sites is 1. The molecule has 188 valence electrons. The van der Waals surface area contributed by atoms with Crippen LogP contribution in [0.3, 0.4) is 0 Å². The number of carbonyl (C=O) groups is 2. The Morgan fingerprint density at radius 3 is 2.39 bits per heavy atom. The number of hydrogen-bond acceptors (Lipinski definition) is 7. The minimum absolute atomic E-state index is 0.0155. The number of ether oxygens (including phenoxy) is 2. The van der Waals surface area contributed by atoms with Crippen LogP contribution in [-0.4, -0.2) is 77.8 Å². The summed E-state index contributed by atoms with van der Waals surface area (Å²) in [5, 5.41) is 15.9. The largest absolute Gasteiger partial charge is 0.507 e. The average Bonchev–Trinajstić information content (AvgIpc) is 3.39. The van der Waals surface area contributed by atoms with Crippen molar-refractivity contribution in [1.29, 1.82) is 0 Å². The monoisotopic (exact) mass is 490 g/mol. The summed E-state index contributed by atoms with van der Waals surface area (Å²) in [4.78, 5) is 29.9. The van der Waals surface area contributed by atoms with Gasteiger partial charge in [-0.05, 0) is 50.8 Å². The van der Waals surface area contributed by atoms with Gasteiger partial charge in [-0.3, -0.25) is 9.59 Å². The van der Waals surface area contributed by atoms with E-state index in [0.29, 0.717) is 41.4 Å². The summed E-state index contributed by atoms with van der Waals surface area (Å²) in [5.74, 6) is -0.683. The lowest BCUT2D eigenvalue weighted by Gasteiger charge is -2.27. The predicted molar refractivity (Wildman–Crippen MR) is 135 cm³/mol. The highest BCUT2D eigenvalue weighted by molar-refractivity contribution is 6.46. The van der Waals surface area contributed by atoms with Gasteiger partial charge in [0.05, 0.1) is 49.0 Å². The van der Waals surface area contributed by atoms with Crippen LogP contribution in [0, 0.1) is 6.92 Å². The fraction of sp³-hybridized carbons (Fsp3) is 0.296. The Hall–Kier alpha value is -4.11. The van der Waals surface area contributed by atoms with E-state index in [1.165, 1.54) is 25.3 Å². The highest BCUT2D eigenvalue weighted by Gasteiger charge is 2.46. The van der Waals surface area contributed by atoms with E-state index in [2.05, 4.69) is 5.10 Å².